The van der Waals surface area contributed by atoms with Crippen LogP contribution in [0.2, 0.25) is 0 Å². The fourth-order valence-corrected chi connectivity index (χ4v) is 19.7. The van der Waals surface area contributed by atoms with Crippen LogP contribution in [-0.4, -0.2) is 17.8 Å². The molecule has 11 aromatic rings. The molecule has 0 N–H and O–H groups in total. The maximum absolute atomic E-state index is 2.81. The number of benzene rings is 9. The van der Waals surface area contributed by atoms with Crippen molar-refractivity contribution in [3.8, 4) is 0 Å². The molecule has 4 atom stereocenters. The SMILES string of the molecule is Cc1cc2c3c(c1)N(c1cccc4c1sc1ccccc14)c1cc(N4c5ccccc5C5(C)CCCCC45C)ccc1B3c1ccc(N3c4ccc(C(C)(C)C)cc4C4(C)CCCCC34C)cc1N2c1ccc2sc3ccccc3c2c1. The Balaban J connectivity index is 0.946. The summed E-state index contributed by atoms with van der Waals surface area (Å²) >= 11 is 3.84. The second kappa shape index (κ2) is 16.9. The average Bonchev–Trinajstić information content (AvgIpc) is 1.44. The molecule has 4 nitrogen and oxygen atoms in total. The molecule has 0 bridgehead atoms. The maximum Gasteiger partial charge on any atom is 0.252 e. The zero-order valence-corrected chi connectivity index (χ0v) is 50.2. The molecule has 2 fully saturated rings. The minimum absolute atomic E-state index is 0.00379. The van der Waals surface area contributed by atoms with Crippen molar-refractivity contribution < 1.29 is 0 Å². The molecule has 0 spiro atoms. The van der Waals surface area contributed by atoms with Crippen LogP contribution in [0.15, 0.2) is 176 Å². The molecular weight excluding hydrogens is 1030 g/mol. The molecule has 7 heteroatoms. The van der Waals surface area contributed by atoms with Gasteiger partial charge < -0.3 is 19.6 Å². The highest BCUT2D eigenvalue weighted by molar-refractivity contribution is 7.26. The van der Waals surface area contributed by atoms with Gasteiger partial charge in [0, 0.05) is 97.7 Å². The lowest BCUT2D eigenvalue weighted by Crippen LogP contribution is -2.61. The highest BCUT2D eigenvalue weighted by Crippen LogP contribution is 2.64. The molecule has 0 saturated heterocycles. The van der Waals surface area contributed by atoms with Crippen LogP contribution >= 0.6 is 22.7 Å². The number of para-hydroxylation sites is 1. The highest BCUT2D eigenvalue weighted by atomic mass is 32.1. The van der Waals surface area contributed by atoms with Crippen molar-refractivity contribution in [1.82, 2.24) is 0 Å². The molecule has 0 amide bonds. The predicted molar refractivity (Wildman–Crippen MR) is 355 cm³/mol. The summed E-state index contributed by atoms with van der Waals surface area (Å²) in [5, 5.41) is 5.27. The number of fused-ring (bicyclic) bond motifs is 16. The number of hydrogen-bond acceptors (Lipinski definition) is 6. The molecule has 82 heavy (non-hydrogen) atoms. The van der Waals surface area contributed by atoms with Crippen LogP contribution in [0, 0.1) is 6.92 Å². The Kier molecular flexibility index (Phi) is 10.2. The van der Waals surface area contributed by atoms with E-state index in [0.29, 0.717) is 0 Å². The Bertz CT molecular complexity index is 4560. The van der Waals surface area contributed by atoms with Gasteiger partial charge in [0.1, 0.15) is 0 Å². The monoisotopic (exact) mass is 1100 g/mol. The molecule has 2 saturated carbocycles. The lowest BCUT2D eigenvalue weighted by molar-refractivity contribution is 0.195. The topological polar surface area (TPSA) is 13.0 Å². The summed E-state index contributed by atoms with van der Waals surface area (Å²) in [6.45, 7) is 19.7. The molecule has 6 heterocycles. The van der Waals surface area contributed by atoms with Crippen LogP contribution in [-0.2, 0) is 16.2 Å². The first kappa shape index (κ1) is 49.3. The lowest BCUT2D eigenvalue weighted by atomic mass is 9.33. The summed E-state index contributed by atoms with van der Waals surface area (Å²) in [7, 11) is 0. The van der Waals surface area contributed by atoms with Gasteiger partial charge in [0.25, 0.3) is 6.71 Å². The zero-order chi connectivity index (χ0) is 55.4. The fraction of sp³-hybridized carbons (Fsp3) is 0.280. The molecule has 0 radical (unpaired) electrons. The molecule has 404 valence electrons. The molecule has 17 rings (SSSR count). The third-order valence-electron chi connectivity index (χ3n) is 21.9. The number of nitrogens with zero attached hydrogens (tertiary/aromatic N) is 4. The van der Waals surface area contributed by atoms with E-state index < -0.39 is 0 Å². The molecule has 6 aliphatic rings. The molecular formula is C75H69BN4S2. The number of thiophene rings is 2. The van der Waals surface area contributed by atoms with E-state index in [0.717, 1.165) is 12.8 Å². The number of hydrogen-bond donors (Lipinski definition) is 0. The Hall–Kier alpha value is -7.32. The Labute approximate surface area is 491 Å². The van der Waals surface area contributed by atoms with Crippen molar-refractivity contribution in [2.24, 2.45) is 0 Å². The summed E-state index contributed by atoms with van der Waals surface area (Å²) in [6, 6.07) is 69.6. The second-order valence-electron chi connectivity index (χ2n) is 27.1. The first-order chi connectivity index (χ1) is 39.7. The van der Waals surface area contributed by atoms with E-state index in [1.165, 1.54) is 174 Å². The highest BCUT2D eigenvalue weighted by Gasteiger charge is 2.59. The van der Waals surface area contributed by atoms with E-state index in [1.807, 2.05) is 22.7 Å². The summed E-state index contributed by atoms with van der Waals surface area (Å²) in [4.78, 5) is 11.0. The van der Waals surface area contributed by atoms with Crippen LogP contribution in [0.1, 0.15) is 122 Å². The van der Waals surface area contributed by atoms with Gasteiger partial charge in [-0.1, -0.05) is 151 Å². The summed E-state index contributed by atoms with van der Waals surface area (Å²) < 4.78 is 5.30. The van der Waals surface area contributed by atoms with E-state index in [1.54, 1.807) is 0 Å². The smallest absolute Gasteiger partial charge is 0.252 e. The van der Waals surface area contributed by atoms with Crippen LogP contribution in [0.4, 0.5) is 56.9 Å². The Morgan fingerprint density at radius 3 is 1.65 bits per heavy atom. The van der Waals surface area contributed by atoms with Crippen LogP contribution in [0.3, 0.4) is 0 Å². The average molecular weight is 1100 g/mol. The van der Waals surface area contributed by atoms with Gasteiger partial charge >= 0.3 is 0 Å². The maximum atomic E-state index is 2.81. The van der Waals surface area contributed by atoms with Gasteiger partial charge in [0.05, 0.1) is 21.5 Å². The van der Waals surface area contributed by atoms with Gasteiger partial charge in [0.15, 0.2) is 0 Å². The van der Waals surface area contributed by atoms with Gasteiger partial charge in [-0.05, 0) is 175 Å². The zero-order valence-electron chi connectivity index (χ0n) is 48.6. The first-order valence-corrected chi connectivity index (χ1v) is 32.0. The van der Waals surface area contributed by atoms with E-state index in [4.69, 9.17) is 0 Å². The Morgan fingerprint density at radius 1 is 0.415 bits per heavy atom. The fourth-order valence-electron chi connectivity index (χ4n) is 17.4. The molecule has 4 aliphatic heterocycles. The third kappa shape index (κ3) is 6.39. The normalized spacial score (nSPS) is 23.3. The van der Waals surface area contributed by atoms with Crippen LogP contribution in [0.25, 0.3) is 40.3 Å². The first-order valence-electron chi connectivity index (χ1n) is 30.4. The largest absolute Gasteiger partial charge is 0.334 e. The second-order valence-corrected chi connectivity index (χ2v) is 29.3. The number of anilines is 10. The number of rotatable bonds is 4. The minimum atomic E-state index is -0.102. The van der Waals surface area contributed by atoms with Gasteiger partial charge in [-0.3, -0.25) is 0 Å². The van der Waals surface area contributed by atoms with Crippen molar-refractivity contribution in [3.05, 3.63) is 198 Å². The van der Waals surface area contributed by atoms with Gasteiger partial charge in [-0.2, -0.15) is 0 Å². The molecule has 2 aliphatic carbocycles. The molecule has 2 aromatic heterocycles. The minimum Gasteiger partial charge on any atom is -0.334 e. The van der Waals surface area contributed by atoms with Gasteiger partial charge in [-0.15, -0.1) is 22.7 Å². The van der Waals surface area contributed by atoms with Gasteiger partial charge in [0.2, 0.25) is 0 Å². The number of aryl methyl sites for hydroxylation is 1. The van der Waals surface area contributed by atoms with Gasteiger partial charge in [-0.25, -0.2) is 0 Å². The third-order valence-corrected chi connectivity index (χ3v) is 24.3. The van der Waals surface area contributed by atoms with Crippen molar-refractivity contribution >= 4 is 143 Å². The molecule has 9 aromatic carbocycles. The van der Waals surface area contributed by atoms with E-state index in [2.05, 4.69) is 251 Å². The van der Waals surface area contributed by atoms with Crippen LogP contribution < -0.4 is 36.0 Å². The molecule has 4 unspecified atom stereocenters. The summed E-state index contributed by atoms with van der Waals surface area (Å²) in [6.07, 6.45) is 9.69. The van der Waals surface area contributed by atoms with Crippen LogP contribution in [0.5, 0.6) is 0 Å². The van der Waals surface area contributed by atoms with E-state index in [9.17, 15) is 0 Å². The quantitative estimate of drug-likeness (QED) is 0.163. The Morgan fingerprint density at radius 2 is 0.951 bits per heavy atom. The van der Waals surface area contributed by atoms with E-state index in [-0.39, 0.29) is 34.0 Å². The van der Waals surface area contributed by atoms with Crippen molar-refractivity contribution in [2.45, 2.75) is 134 Å². The van der Waals surface area contributed by atoms with E-state index >= 15 is 0 Å². The lowest BCUT2D eigenvalue weighted by Gasteiger charge is -2.51. The summed E-state index contributed by atoms with van der Waals surface area (Å²) in [5.74, 6) is 0. The van der Waals surface area contributed by atoms with Crippen molar-refractivity contribution in [3.63, 3.8) is 0 Å². The van der Waals surface area contributed by atoms with Crippen molar-refractivity contribution in [1.29, 1.82) is 0 Å². The van der Waals surface area contributed by atoms with Crippen molar-refractivity contribution in [2.75, 3.05) is 19.6 Å². The standard InChI is InChI=1S/C75H69BN4S2/c1-46-40-64-69-65(41-46)78(61-25-19-22-53-51-20-9-14-27-67(51)82-70(53)61)63-45-50(79-59-24-12-11-23-55(59)72(5)36-15-17-38-74(72,79)7)30-33-58(63)76(69)57-32-29-49(44-62(57)77(64)48-31-35-68-54(43-48)52-21-10-13-26-66(52)81-68)80-60-34-28-47(71(2,3)4)42-56(60)73(6)37-16-18-39-75(73,80)8/h9-14,19-35,40-45H,15-18,36-39H2,1-8H3. The predicted octanol–water partition coefficient (Wildman–Crippen LogP) is 19.6. The summed E-state index contributed by atoms with van der Waals surface area (Å²) in [5.41, 5.74) is 22.5.